The number of hydrogen-bond donors (Lipinski definition) is 1. The van der Waals surface area contributed by atoms with Crippen LogP contribution in [0.15, 0.2) is 48.5 Å². The molecule has 5 heteroatoms. The minimum Gasteiger partial charge on any atom is -0.333 e. The van der Waals surface area contributed by atoms with Gasteiger partial charge in [0.05, 0.1) is 6.42 Å². The lowest BCUT2D eigenvalue weighted by atomic mass is 9.96. The zero-order valence-electron chi connectivity index (χ0n) is 15.7. The van der Waals surface area contributed by atoms with Crippen molar-refractivity contribution in [3.8, 4) is 0 Å². The number of rotatable bonds is 4. The van der Waals surface area contributed by atoms with Gasteiger partial charge in [0.15, 0.2) is 0 Å². The molecule has 0 aromatic heterocycles. The molecule has 0 spiro atoms. The van der Waals surface area contributed by atoms with Gasteiger partial charge in [-0.05, 0) is 75.1 Å². The SMILES string of the molecule is C[C@@H]1CCC[C@@H](C)N1C(=O)c1ccc(NC(=O)Cc2ccc(Cl)cc2)cc1. The molecule has 1 aliphatic rings. The number of benzene rings is 2. The molecule has 1 heterocycles. The van der Waals surface area contributed by atoms with E-state index < -0.39 is 0 Å². The quantitative estimate of drug-likeness (QED) is 0.812. The normalized spacial score (nSPS) is 19.6. The lowest BCUT2D eigenvalue weighted by molar-refractivity contribution is -0.115. The molecule has 3 rings (SSSR count). The highest BCUT2D eigenvalue weighted by Crippen LogP contribution is 2.25. The first-order valence-corrected chi connectivity index (χ1v) is 9.79. The van der Waals surface area contributed by atoms with Gasteiger partial charge in [-0.2, -0.15) is 0 Å². The zero-order valence-corrected chi connectivity index (χ0v) is 16.5. The van der Waals surface area contributed by atoms with Crippen LogP contribution in [0.3, 0.4) is 0 Å². The standard InChI is InChI=1S/C22H25ClN2O2/c1-15-4-3-5-16(2)25(15)22(27)18-8-12-20(13-9-18)24-21(26)14-17-6-10-19(23)11-7-17/h6-13,15-16H,3-5,14H2,1-2H3,(H,24,26)/t15-,16-/m1/s1. The van der Waals surface area contributed by atoms with Crippen molar-refractivity contribution in [2.24, 2.45) is 0 Å². The molecule has 2 aromatic carbocycles. The van der Waals surface area contributed by atoms with Gasteiger partial charge >= 0.3 is 0 Å². The van der Waals surface area contributed by atoms with E-state index in [0.717, 1.165) is 18.4 Å². The van der Waals surface area contributed by atoms with Gasteiger partial charge in [0.1, 0.15) is 0 Å². The van der Waals surface area contributed by atoms with Crippen molar-refractivity contribution in [1.82, 2.24) is 4.90 Å². The van der Waals surface area contributed by atoms with Crippen LogP contribution in [0.2, 0.25) is 5.02 Å². The first-order chi connectivity index (χ1) is 12.9. The van der Waals surface area contributed by atoms with E-state index in [9.17, 15) is 9.59 Å². The van der Waals surface area contributed by atoms with Crippen LogP contribution >= 0.6 is 11.6 Å². The average Bonchev–Trinajstić information content (AvgIpc) is 2.64. The number of nitrogens with zero attached hydrogens (tertiary/aromatic N) is 1. The molecular formula is C22H25ClN2O2. The van der Waals surface area contributed by atoms with Crippen molar-refractivity contribution >= 4 is 29.1 Å². The molecule has 0 radical (unpaired) electrons. The van der Waals surface area contributed by atoms with E-state index in [1.807, 2.05) is 17.0 Å². The number of amides is 2. The maximum atomic E-state index is 12.9. The number of piperidine rings is 1. The Morgan fingerprint density at radius 1 is 1.00 bits per heavy atom. The highest BCUT2D eigenvalue weighted by Gasteiger charge is 2.29. The van der Waals surface area contributed by atoms with E-state index in [1.54, 1.807) is 36.4 Å². The van der Waals surface area contributed by atoms with Gasteiger partial charge in [-0.3, -0.25) is 9.59 Å². The van der Waals surface area contributed by atoms with Crippen molar-refractivity contribution in [2.45, 2.75) is 51.6 Å². The topological polar surface area (TPSA) is 49.4 Å². The fourth-order valence-electron chi connectivity index (χ4n) is 3.66. The predicted molar refractivity (Wildman–Crippen MR) is 109 cm³/mol. The second-order valence-corrected chi connectivity index (χ2v) is 7.71. The van der Waals surface area contributed by atoms with E-state index >= 15 is 0 Å². The Bertz CT molecular complexity index is 792. The highest BCUT2D eigenvalue weighted by molar-refractivity contribution is 6.30. The van der Waals surface area contributed by atoms with Gasteiger partial charge in [0.2, 0.25) is 5.91 Å². The summed E-state index contributed by atoms with van der Waals surface area (Å²) >= 11 is 5.86. The Hall–Kier alpha value is -2.33. The predicted octanol–water partition coefficient (Wildman–Crippen LogP) is 4.92. The largest absolute Gasteiger partial charge is 0.333 e. The van der Waals surface area contributed by atoms with Crippen molar-refractivity contribution in [2.75, 3.05) is 5.32 Å². The Morgan fingerprint density at radius 2 is 1.59 bits per heavy atom. The molecule has 4 nitrogen and oxygen atoms in total. The molecule has 27 heavy (non-hydrogen) atoms. The van der Waals surface area contributed by atoms with E-state index in [0.29, 0.717) is 16.3 Å². The van der Waals surface area contributed by atoms with Crippen molar-refractivity contribution in [3.05, 3.63) is 64.7 Å². The number of carbonyl (C=O) groups excluding carboxylic acids is 2. The fraction of sp³-hybridized carbons (Fsp3) is 0.364. The molecule has 0 unspecified atom stereocenters. The van der Waals surface area contributed by atoms with Crippen LogP contribution in [0, 0.1) is 0 Å². The fourth-order valence-corrected chi connectivity index (χ4v) is 3.79. The number of carbonyl (C=O) groups is 2. The van der Waals surface area contributed by atoms with Crippen LogP contribution in [0.5, 0.6) is 0 Å². The lowest BCUT2D eigenvalue weighted by Gasteiger charge is -2.39. The molecule has 0 bridgehead atoms. The molecule has 1 N–H and O–H groups in total. The second kappa shape index (κ2) is 8.57. The minimum absolute atomic E-state index is 0.0636. The maximum absolute atomic E-state index is 12.9. The molecule has 2 aromatic rings. The number of anilines is 1. The molecule has 1 aliphatic heterocycles. The van der Waals surface area contributed by atoms with Gasteiger partial charge < -0.3 is 10.2 Å². The Balaban J connectivity index is 1.62. The van der Waals surface area contributed by atoms with Gasteiger partial charge in [0.25, 0.3) is 5.91 Å². The molecule has 0 aliphatic carbocycles. The third kappa shape index (κ3) is 4.89. The maximum Gasteiger partial charge on any atom is 0.254 e. The summed E-state index contributed by atoms with van der Waals surface area (Å²) in [5.74, 6) is -0.0385. The smallest absolute Gasteiger partial charge is 0.254 e. The van der Waals surface area contributed by atoms with Gasteiger partial charge in [-0.25, -0.2) is 0 Å². The third-order valence-corrected chi connectivity index (χ3v) is 5.37. The molecule has 0 saturated carbocycles. The van der Waals surface area contributed by atoms with Gasteiger partial charge in [-0.15, -0.1) is 0 Å². The van der Waals surface area contributed by atoms with Crippen molar-refractivity contribution in [1.29, 1.82) is 0 Å². The summed E-state index contributed by atoms with van der Waals surface area (Å²) in [6.07, 6.45) is 3.55. The Kier molecular flexibility index (Phi) is 6.17. The van der Waals surface area contributed by atoms with Crippen LogP contribution in [0.4, 0.5) is 5.69 Å². The molecule has 1 saturated heterocycles. The van der Waals surface area contributed by atoms with Crippen molar-refractivity contribution in [3.63, 3.8) is 0 Å². The van der Waals surface area contributed by atoms with Crippen LogP contribution in [0.1, 0.15) is 49.0 Å². The summed E-state index contributed by atoms with van der Waals surface area (Å²) in [7, 11) is 0. The summed E-state index contributed by atoms with van der Waals surface area (Å²) in [5, 5.41) is 3.52. The summed E-state index contributed by atoms with van der Waals surface area (Å²) in [6.45, 7) is 4.22. The van der Waals surface area contributed by atoms with E-state index in [1.165, 1.54) is 6.42 Å². The van der Waals surface area contributed by atoms with Crippen LogP contribution in [0.25, 0.3) is 0 Å². The Labute approximate surface area is 165 Å². The van der Waals surface area contributed by atoms with E-state index in [2.05, 4.69) is 19.2 Å². The zero-order chi connectivity index (χ0) is 19.4. The average molecular weight is 385 g/mol. The molecule has 2 atom stereocenters. The summed E-state index contributed by atoms with van der Waals surface area (Å²) in [5.41, 5.74) is 2.24. The van der Waals surface area contributed by atoms with Crippen LogP contribution in [-0.2, 0) is 11.2 Å². The van der Waals surface area contributed by atoms with E-state index in [-0.39, 0.29) is 30.3 Å². The molecule has 2 amide bonds. The first kappa shape index (κ1) is 19.4. The molecule has 142 valence electrons. The van der Waals surface area contributed by atoms with Gasteiger partial charge in [0, 0.05) is 28.4 Å². The number of likely N-dealkylation sites (tertiary alicyclic amines) is 1. The monoisotopic (exact) mass is 384 g/mol. The Morgan fingerprint density at radius 3 is 2.19 bits per heavy atom. The molecular weight excluding hydrogens is 360 g/mol. The lowest BCUT2D eigenvalue weighted by Crippen LogP contribution is -2.47. The summed E-state index contributed by atoms with van der Waals surface area (Å²) in [4.78, 5) is 27.0. The summed E-state index contributed by atoms with van der Waals surface area (Å²) in [6, 6.07) is 14.9. The first-order valence-electron chi connectivity index (χ1n) is 9.41. The highest BCUT2D eigenvalue weighted by atomic mass is 35.5. The van der Waals surface area contributed by atoms with Gasteiger partial charge in [-0.1, -0.05) is 23.7 Å². The number of nitrogens with one attached hydrogen (secondary N) is 1. The third-order valence-electron chi connectivity index (χ3n) is 5.12. The minimum atomic E-state index is -0.102. The number of hydrogen-bond acceptors (Lipinski definition) is 2. The molecule has 1 fully saturated rings. The summed E-state index contributed by atoms with van der Waals surface area (Å²) < 4.78 is 0. The van der Waals surface area contributed by atoms with Crippen LogP contribution < -0.4 is 5.32 Å². The van der Waals surface area contributed by atoms with Crippen LogP contribution in [-0.4, -0.2) is 28.8 Å². The number of halogens is 1. The van der Waals surface area contributed by atoms with E-state index in [4.69, 9.17) is 11.6 Å². The van der Waals surface area contributed by atoms with Crippen molar-refractivity contribution < 1.29 is 9.59 Å². The second-order valence-electron chi connectivity index (χ2n) is 7.27.